The lowest BCUT2D eigenvalue weighted by molar-refractivity contribution is 1.04. The van der Waals surface area contributed by atoms with Crippen LogP contribution in [0.3, 0.4) is 0 Å². The lowest BCUT2D eigenvalue weighted by Crippen LogP contribution is -2.02. The minimum absolute atomic E-state index is 0.205. The van der Waals surface area contributed by atoms with E-state index in [9.17, 15) is 0 Å². The van der Waals surface area contributed by atoms with Crippen LogP contribution < -0.4 is 5.73 Å². The molecule has 1 aromatic carbocycles. The van der Waals surface area contributed by atoms with E-state index < -0.39 is 0 Å². The second-order valence-corrected chi connectivity index (χ2v) is 5.06. The Bertz CT molecular complexity index is 583. The molecular weight excluding hydrogens is 335 g/mol. The van der Waals surface area contributed by atoms with Gasteiger partial charge in [-0.05, 0) is 24.4 Å². The van der Waals surface area contributed by atoms with Gasteiger partial charge in [0.2, 0.25) is 10.7 Å². The molecule has 16 heavy (non-hydrogen) atoms. The molecular formula is C8H5BrCl2N4S. The number of aromatic amines is 1. The van der Waals surface area contributed by atoms with Gasteiger partial charge < -0.3 is 5.73 Å². The van der Waals surface area contributed by atoms with Gasteiger partial charge in [0.1, 0.15) is 0 Å². The van der Waals surface area contributed by atoms with E-state index in [1.807, 2.05) is 0 Å². The van der Waals surface area contributed by atoms with Crippen molar-refractivity contribution in [2.24, 2.45) is 0 Å². The van der Waals surface area contributed by atoms with Crippen molar-refractivity contribution >= 4 is 57.3 Å². The van der Waals surface area contributed by atoms with Crippen LogP contribution in [-0.4, -0.2) is 14.8 Å². The van der Waals surface area contributed by atoms with Gasteiger partial charge in [0.25, 0.3) is 0 Å². The highest BCUT2D eigenvalue weighted by Gasteiger charge is 2.13. The average molecular weight is 340 g/mol. The summed E-state index contributed by atoms with van der Waals surface area (Å²) in [6.07, 6.45) is 0. The van der Waals surface area contributed by atoms with E-state index in [1.165, 1.54) is 4.57 Å². The summed E-state index contributed by atoms with van der Waals surface area (Å²) in [6.45, 7) is 0. The molecule has 0 fully saturated rings. The first-order valence-electron chi connectivity index (χ1n) is 4.08. The zero-order valence-corrected chi connectivity index (χ0v) is 11.6. The summed E-state index contributed by atoms with van der Waals surface area (Å²) < 4.78 is 2.59. The van der Waals surface area contributed by atoms with Gasteiger partial charge in [-0.1, -0.05) is 39.1 Å². The third-order valence-electron chi connectivity index (χ3n) is 1.90. The van der Waals surface area contributed by atoms with Gasteiger partial charge in [0.05, 0.1) is 15.7 Å². The quantitative estimate of drug-likeness (QED) is 0.780. The molecule has 0 unspecified atom stereocenters. The lowest BCUT2D eigenvalue weighted by Gasteiger charge is -2.09. The Hall–Kier alpha value is -0.560. The molecule has 84 valence electrons. The summed E-state index contributed by atoms with van der Waals surface area (Å²) in [5.41, 5.74) is 6.19. The number of nitrogens with zero attached hydrogens (tertiary/aromatic N) is 2. The van der Waals surface area contributed by atoms with Crippen molar-refractivity contribution in [3.8, 4) is 5.69 Å². The van der Waals surface area contributed by atoms with Crippen LogP contribution >= 0.6 is 51.3 Å². The van der Waals surface area contributed by atoms with Crippen molar-refractivity contribution in [1.29, 1.82) is 0 Å². The SMILES string of the molecule is Nc1n[nH]c(=S)n1-c1c(Cl)cc(Br)cc1Cl. The van der Waals surface area contributed by atoms with Crippen molar-refractivity contribution in [1.82, 2.24) is 14.8 Å². The molecule has 4 nitrogen and oxygen atoms in total. The summed E-state index contributed by atoms with van der Waals surface area (Å²) >= 11 is 20.5. The van der Waals surface area contributed by atoms with Crippen LogP contribution in [-0.2, 0) is 0 Å². The maximum Gasteiger partial charge on any atom is 0.225 e. The molecule has 0 bridgehead atoms. The number of nitrogen functional groups attached to an aromatic ring is 1. The predicted molar refractivity (Wildman–Crippen MR) is 70.9 cm³/mol. The van der Waals surface area contributed by atoms with Gasteiger partial charge in [-0.3, -0.25) is 4.57 Å². The molecule has 2 aromatic rings. The highest BCUT2D eigenvalue weighted by Crippen LogP contribution is 2.33. The van der Waals surface area contributed by atoms with Crippen LogP contribution in [0.5, 0.6) is 0 Å². The molecule has 0 radical (unpaired) electrons. The van der Waals surface area contributed by atoms with E-state index >= 15 is 0 Å². The molecule has 0 aliphatic rings. The predicted octanol–water partition coefficient (Wildman–Crippen LogP) is 3.58. The number of nitrogens with two attached hydrogens (primary N) is 1. The Morgan fingerprint density at radius 1 is 1.38 bits per heavy atom. The Morgan fingerprint density at radius 2 is 1.94 bits per heavy atom. The molecule has 0 aliphatic heterocycles. The van der Waals surface area contributed by atoms with Gasteiger partial charge in [-0.15, -0.1) is 5.10 Å². The Balaban J connectivity index is 2.79. The summed E-state index contributed by atoms with van der Waals surface area (Å²) in [5, 5.41) is 7.23. The van der Waals surface area contributed by atoms with Gasteiger partial charge >= 0.3 is 0 Å². The van der Waals surface area contributed by atoms with Gasteiger partial charge in [-0.2, -0.15) is 0 Å². The fourth-order valence-electron chi connectivity index (χ4n) is 1.27. The van der Waals surface area contributed by atoms with E-state index in [4.69, 9.17) is 41.2 Å². The molecule has 0 spiro atoms. The van der Waals surface area contributed by atoms with E-state index in [0.29, 0.717) is 20.5 Å². The molecule has 0 amide bonds. The standard InChI is InChI=1S/C8H5BrCl2N4S/c9-3-1-4(10)6(5(11)2-3)15-7(12)13-14-8(15)16/h1-2H,(H2,12,13)(H,14,16). The summed E-state index contributed by atoms with van der Waals surface area (Å²) in [5.74, 6) is 0.205. The summed E-state index contributed by atoms with van der Waals surface area (Å²) in [6, 6.07) is 3.41. The third-order valence-corrected chi connectivity index (χ3v) is 3.21. The van der Waals surface area contributed by atoms with Crippen molar-refractivity contribution in [3.05, 3.63) is 31.4 Å². The number of nitrogens with one attached hydrogen (secondary N) is 1. The first kappa shape index (κ1) is 11.9. The number of rotatable bonds is 1. The highest BCUT2D eigenvalue weighted by molar-refractivity contribution is 9.10. The zero-order chi connectivity index (χ0) is 11.9. The summed E-state index contributed by atoms with van der Waals surface area (Å²) in [7, 11) is 0. The average Bonchev–Trinajstić information content (AvgIpc) is 2.47. The van der Waals surface area contributed by atoms with Crippen molar-refractivity contribution in [2.45, 2.75) is 0 Å². The first-order valence-corrected chi connectivity index (χ1v) is 6.04. The second-order valence-electron chi connectivity index (χ2n) is 2.94. The van der Waals surface area contributed by atoms with Crippen LogP contribution in [0.25, 0.3) is 5.69 Å². The van der Waals surface area contributed by atoms with E-state index in [1.54, 1.807) is 12.1 Å². The second kappa shape index (κ2) is 4.37. The van der Waals surface area contributed by atoms with Crippen molar-refractivity contribution in [3.63, 3.8) is 0 Å². The molecule has 3 N–H and O–H groups in total. The molecule has 2 rings (SSSR count). The number of hydrogen-bond donors (Lipinski definition) is 2. The highest BCUT2D eigenvalue weighted by atomic mass is 79.9. The topological polar surface area (TPSA) is 59.6 Å². The maximum atomic E-state index is 6.09. The number of anilines is 1. The van der Waals surface area contributed by atoms with Crippen LogP contribution in [0.2, 0.25) is 10.0 Å². The molecule has 0 saturated carbocycles. The van der Waals surface area contributed by atoms with Crippen molar-refractivity contribution < 1.29 is 0 Å². The number of halogens is 3. The van der Waals surface area contributed by atoms with E-state index in [2.05, 4.69) is 26.1 Å². The fraction of sp³-hybridized carbons (Fsp3) is 0. The minimum atomic E-state index is 0.205. The number of H-pyrrole nitrogens is 1. The normalized spacial score (nSPS) is 10.7. The third kappa shape index (κ3) is 1.98. The largest absolute Gasteiger partial charge is 0.368 e. The van der Waals surface area contributed by atoms with Gasteiger partial charge in [0.15, 0.2) is 0 Å². The Kier molecular flexibility index (Phi) is 3.25. The van der Waals surface area contributed by atoms with Crippen molar-refractivity contribution in [2.75, 3.05) is 5.73 Å². The summed E-state index contributed by atoms with van der Waals surface area (Å²) in [4.78, 5) is 0. The minimum Gasteiger partial charge on any atom is -0.368 e. The number of aromatic nitrogens is 3. The maximum absolute atomic E-state index is 6.09. The smallest absolute Gasteiger partial charge is 0.225 e. The molecule has 0 aliphatic carbocycles. The van der Waals surface area contributed by atoms with Gasteiger partial charge in [-0.25, -0.2) is 5.10 Å². The van der Waals surface area contributed by atoms with Gasteiger partial charge in [0, 0.05) is 4.47 Å². The van der Waals surface area contributed by atoms with Crippen LogP contribution in [0.1, 0.15) is 0 Å². The Morgan fingerprint density at radius 3 is 2.38 bits per heavy atom. The first-order chi connectivity index (χ1) is 7.50. The fourth-order valence-corrected chi connectivity index (χ4v) is 2.88. The number of hydrogen-bond acceptors (Lipinski definition) is 3. The molecule has 1 heterocycles. The molecule has 8 heteroatoms. The Labute approximate surface area is 114 Å². The molecule has 0 saturated heterocycles. The van der Waals surface area contributed by atoms with E-state index in [0.717, 1.165) is 4.47 Å². The zero-order valence-electron chi connectivity index (χ0n) is 7.67. The lowest BCUT2D eigenvalue weighted by atomic mass is 10.3. The molecule has 0 atom stereocenters. The number of benzene rings is 1. The van der Waals surface area contributed by atoms with Crippen LogP contribution in [0.15, 0.2) is 16.6 Å². The molecule has 1 aromatic heterocycles. The monoisotopic (exact) mass is 338 g/mol. The van der Waals surface area contributed by atoms with Crippen LogP contribution in [0.4, 0.5) is 5.95 Å². The van der Waals surface area contributed by atoms with Crippen LogP contribution in [0, 0.1) is 4.77 Å². The van der Waals surface area contributed by atoms with E-state index in [-0.39, 0.29) is 5.95 Å².